The molecule has 0 saturated heterocycles. The van der Waals surface area contributed by atoms with E-state index in [9.17, 15) is 0 Å². The molecule has 0 aromatic carbocycles. The topological polar surface area (TPSA) is 71.7 Å². The van der Waals surface area contributed by atoms with Crippen LogP contribution in [0.4, 0.5) is 0 Å². The van der Waals surface area contributed by atoms with E-state index in [0.717, 1.165) is 12.5 Å². The van der Waals surface area contributed by atoms with Crippen LogP contribution in [0.3, 0.4) is 0 Å². The molecule has 5 heteroatoms. The summed E-state index contributed by atoms with van der Waals surface area (Å²) in [6, 6.07) is 0.204. The van der Waals surface area contributed by atoms with Crippen molar-refractivity contribution in [1.82, 2.24) is 10.7 Å². The summed E-state index contributed by atoms with van der Waals surface area (Å²) in [6.07, 6.45) is 6.63. The molecule has 4 N–H and O–H groups in total. The molecule has 1 aliphatic rings. The highest BCUT2D eigenvalue weighted by Crippen LogP contribution is 2.30. The van der Waals surface area contributed by atoms with E-state index in [4.69, 9.17) is 10.6 Å². The third kappa shape index (κ3) is 6.25. The Morgan fingerprint density at radius 2 is 1.95 bits per heavy atom. The summed E-state index contributed by atoms with van der Waals surface area (Å²) in [5.74, 6) is 7.81. The van der Waals surface area contributed by atoms with E-state index in [1.165, 1.54) is 32.1 Å². The number of nitrogens with two attached hydrogens (primary N) is 1. The van der Waals surface area contributed by atoms with E-state index in [2.05, 4.69) is 22.7 Å². The van der Waals surface area contributed by atoms with E-state index >= 15 is 0 Å². The van der Waals surface area contributed by atoms with Crippen LogP contribution >= 0.6 is 0 Å². The van der Waals surface area contributed by atoms with Gasteiger partial charge >= 0.3 is 0 Å². The normalized spacial score (nSPS) is 26.0. The number of nitrogens with one attached hydrogen (secondary N) is 2. The Morgan fingerprint density at radius 1 is 1.32 bits per heavy atom. The Morgan fingerprint density at radius 3 is 2.47 bits per heavy atom. The van der Waals surface area contributed by atoms with Gasteiger partial charge in [0.1, 0.15) is 0 Å². The smallest absolute Gasteiger partial charge is 0.206 e. The molecule has 0 heterocycles. The summed E-state index contributed by atoms with van der Waals surface area (Å²) in [6.45, 7) is 5.84. The van der Waals surface area contributed by atoms with E-state index < -0.39 is 0 Å². The number of nitrogens with zero attached hydrogens (tertiary/aromatic N) is 1. The van der Waals surface area contributed by atoms with Crippen molar-refractivity contribution in [3.63, 3.8) is 0 Å². The van der Waals surface area contributed by atoms with Gasteiger partial charge in [-0.25, -0.2) is 5.84 Å². The Bertz CT molecular complexity index is 262. The largest absolute Gasteiger partial charge is 0.383 e. The van der Waals surface area contributed by atoms with Gasteiger partial charge in [0.2, 0.25) is 5.96 Å². The molecular weight excluding hydrogens is 240 g/mol. The third-order valence-corrected chi connectivity index (χ3v) is 3.99. The summed E-state index contributed by atoms with van der Waals surface area (Å²) in [5, 5.41) is 3.22. The molecule has 5 nitrogen and oxygen atoms in total. The van der Waals surface area contributed by atoms with Crippen molar-refractivity contribution < 1.29 is 4.74 Å². The first-order valence-electron chi connectivity index (χ1n) is 7.46. The molecule has 19 heavy (non-hydrogen) atoms. The molecule has 0 spiro atoms. The molecule has 1 fully saturated rings. The van der Waals surface area contributed by atoms with Crippen LogP contribution in [-0.4, -0.2) is 32.3 Å². The van der Waals surface area contributed by atoms with Crippen LogP contribution in [0.15, 0.2) is 4.99 Å². The van der Waals surface area contributed by atoms with Crippen molar-refractivity contribution in [1.29, 1.82) is 0 Å². The second-order valence-electron chi connectivity index (χ2n) is 5.63. The van der Waals surface area contributed by atoms with Crippen LogP contribution < -0.4 is 16.6 Å². The van der Waals surface area contributed by atoms with Crippen LogP contribution in [0.1, 0.15) is 46.0 Å². The lowest BCUT2D eigenvalue weighted by Crippen LogP contribution is -2.47. The summed E-state index contributed by atoms with van der Waals surface area (Å²) in [5.41, 5.74) is 2.63. The van der Waals surface area contributed by atoms with Crippen molar-refractivity contribution in [3.8, 4) is 0 Å². The SMILES string of the molecule is CCC1CCC(CN=C(NN)NC(C)COC)CC1. The first kappa shape index (κ1) is 16.2. The third-order valence-electron chi connectivity index (χ3n) is 3.99. The maximum absolute atomic E-state index is 5.49. The number of aliphatic imine (C=N–C) groups is 1. The van der Waals surface area contributed by atoms with Crippen molar-refractivity contribution in [3.05, 3.63) is 0 Å². The van der Waals surface area contributed by atoms with Gasteiger partial charge in [0.15, 0.2) is 0 Å². The van der Waals surface area contributed by atoms with Crippen LogP contribution in [0, 0.1) is 11.8 Å². The number of ether oxygens (including phenoxy) is 1. The average molecular weight is 270 g/mol. The average Bonchev–Trinajstić information content (AvgIpc) is 2.44. The van der Waals surface area contributed by atoms with Crippen LogP contribution in [0.25, 0.3) is 0 Å². The lowest BCUT2D eigenvalue weighted by Gasteiger charge is -2.27. The van der Waals surface area contributed by atoms with E-state index in [1.54, 1.807) is 7.11 Å². The van der Waals surface area contributed by atoms with Crippen LogP contribution in [0.2, 0.25) is 0 Å². The van der Waals surface area contributed by atoms with Gasteiger partial charge in [-0.15, -0.1) is 0 Å². The Hall–Kier alpha value is -0.810. The zero-order valence-corrected chi connectivity index (χ0v) is 12.6. The summed E-state index contributed by atoms with van der Waals surface area (Å²) < 4.78 is 5.08. The molecule has 0 bridgehead atoms. The maximum atomic E-state index is 5.49. The molecule has 0 aromatic heterocycles. The van der Waals surface area contributed by atoms with Gasteiger partial charge in [-0.05, 0) is 31.6 Å². The van der Waals surface area contributed by atoms with Gasteiger partial charge in [-0.2, -0.15) is 0 Å². The Labute approximate surface area is 117 Å². The number of hydrazine groups is 1. The van der Waals surface area contributed by atoms with Gasteiger partial charge in [-0.3, -0.25) is 10.4 Å². The van der Waals surface area contributed by atoms with Crippen molar-refractivity contribution >= 4 is 5.96 Å². The number of guanidine groups is 1. The minimum absolute atomic E-state index is 0.204. The van der Waals surface area contributed by atoms with Crippen LogP contribution in [-0.2, 0) is 4.74 Å². The van der Waals surface area contributed by atoms with Crippen molar-refractivity contribution in [2.45, 2.75) is 52.0 Å². The zero-order valence-electron chi connectivity index (χ0n) is 12.6. The molecule has 1 unspecified atom stereocenters. The van der Waals surface area contributed by atoms with Gasteiger partial charge in [-0.1, -0.05) is 26.2 Å². The highest BCUT2D eigenvalue weighted by Gasteiger charge is 2.19. The predicted molar refractivity (Wildman–Crippen MR) is 79.8 cm³/mol. The first-order chi connectivity index (χ1) is 9.19. The minimum Gasteiger partial charge on any atom is -0.383 e. The molecule has 112 valence electrons. The zero-order chi connectivity index (χ0) is 14.1. The van der Waals surface area contributed by atoms with Crippen LogP contribution in [0.5, 0.6) is 0 Å². The second-order valence-corrected chi connectivity index (χ2v) is 5.63. The Kier molecular flexibility index (Phi) is 7.82. The monoisotopic (exact) mass is 270 g/mol. The number of rotatable bonds is 6. The standard InChI is InChI=1S/C14H30N4O/c1-4-12-5-7-13(8-6-12)9-16-14(18-15)17-11(2)10-19-3/h11-13H,4-10,15H2,1-3H3,(H2,16,17,18). The van der Waals surface area contributed by atoms with E-state index in [-0.39, 0.29) is 6.04 Å². The second kappa shape index (κ2) is 9.15. The molecule has 0 amide bonds. The quantitative estimate of drug-likeness (QED) is 0.297. The van der Waals surface area contributed by atoms with Gasteiger partial charge in [0.05, 0.1) is 6.61 Å². The van der Waals surface area contributed by atoms with Gasteiger partial charge in [0, 0.05) is 19.7 Å². The highest BCUT2D eigenvalue weighted by atomic mass is 16.5. The Balaban J connectivity index is 2.32. The highest BCUT2D eigenvalue weighted by molar-refractivity contribution is 5.79. The lowest BCUT2D eigenvalue weighted by atomic mass is 9.81. The first-order valence-corrected chi connectivity index (χ1v) is 7.46. The number of hydrogen-bond acceptors (Lipinski definition) is 3. The molecule has 0 aromatic rings. The number of methoxy groups -OCH3 is 1. The summed E-state index contributed by atoms with van der Waals surface area (Å²) in [4.78, 5) is 4.55. The fourth-order valence-corrected chi connectivity index (χ4v) is 2.70. The molecule has 0 aliphatic heterocycles. The fourth-order valence-electron chi connectivity index (χ4n) is 2.70. The lowest BCUT2D eigenvalue weighted by molar-refractivity contribution is 0.179. The van der Waals surface area contributed by atoms with Crippen molar-refractivity contribution in [2.24, 2.45) is 22.7 Å². The van der Waals surface area contributed by atoms with Crippen molar-refractivity contribution in [2.75, 3.05) is 20.3 Å². The molecule has 1 aliphatic carbocycles. The fraction of sp³-hybridized carbons (Fsp3) is 0.929. The maximum Gasteiger partial charge on any atom is 0.206 e. The molecular formula is C14H30N4O. The van der Waals surface area contributed by atoms with Gasteiger partial charge in [0.25, 0.3) is 0 Å². The predicted octanol–water partition coefficient (Wildman–Crippen LogP) is 1.65. The number of hydrogen-bond donors (Lipinski definition) is 3. The van der Waals surface area contributed by atoms with Gasteiger partial charge < -0.3 is 10.1 Å². The minimum atomic E-state index is 0.204. The molecule has 0 radical (unpaired) electrons. The van der Waals surface area contributed by atoms with E-state index in [1.807, 2.05) is 6.92 Å². The molecule has 1 atom stereocenters. The summed E-state index contributed by atoms with van der Waals surface area (Å²) in [7, 11) is 1.69. The molecule has 1 saturated carbocycles. The van der Waals surface area contributed by atoms with E-state index in [0.29, 0.717) is 18.5 Å². The summed E-state index contributed by atoms with van der Waals surface area (Å²) >= 11 is 0. The molecule has 1 rings (SSSR count).